The minimum Gasteiger partial charge on any atom is -0.397 e. The topological polar surface area (TPSA) is 62.2 Å². The molecule has 2 N–H and O–H groups in total. The fraction of sp³-hybridized carbons (Fsp3) is 0.909. The Labute approximate surface area is 118 Å². The Kier molecular flexibility index (Phi) is 28.9. The minimum absolute atomic E-state index is 0. The molecule has 0 aromatic heterocycles. The van der Waals surface area contributed by atoms with Crippen LogP contribution in [0.5, 0.6) is 0 Å². The molecule has 1 heterocycles. The van der Waals surface area contributed by atoms with E-state index in [1.165, 1.54) is 0 Å². The van der Waals surface area contributed by atoms with Crippen molar-refractivity contribution >= 4 is 0 Å². The largest absolute Gasteiger partial charge is 0.397 e. The molecule has 1 rings (SSSR count). The van der Waals surface area contributed by atoms with E-state index < -0.39 is 0 Å². The van der Waals surface area contributed by atoms with Gasteiger partial charge in [0.15, 0.2) is 0 Å². The second-order valence-electron chi connectivity index (χ2n) is 2.87. The summed E-state index contributed by atoms with van der Waals surface area (Å²) >= 11 is 0. The van der Waals surface area contributed by atoms with Gasteiger partial charge in [0.2, 0.25) is 0 Å². The minimum atomic E-state index is 0. The second-order valence-corrected chi connectivity index (χ2v) is 2.87. The maximum atomic E-state index is 7.57. The average Bonchev–Trinajstić information content (AvgIpc) is 2.99. The molecule has 98 valence electrons. The zero-order valence-corrected chi connectivity index (χ0v) is 12.9. The van der Waals surface area contributed by atoms with Crippen molar-refractivity contribution < 1.29 is 45.9 Å². The number of ether oxygens (including phenoxy) is 2. The van der Waals surface area contributed by atoms with E-state index in [1.807, 2.05) is 0 Å². The van der Waals surface area contributed by atoms with Gasteiger partial charge in [-0.1, -0.05) is 6.42 Å². The first-order chi connectivity index (χ1) is 7.26. The Morgan fingerprint density at radius 2 is 1.75 bits per heavy atom. The normalized spacial score (nSPS) is 15.9. The van der Waals surface area contributed by atoms with Crippen molar-refractivity contribution in [3.8, 4) is 0 Å². The fourth-order valence-corrected chi connectivity index (χ4v) is 0.583. The van der Waals surface area contributed by atoms with Gasteiger partial charge in [0.05, 0.1) is 13.2 Å². The third-order valence-electron chi connectivity index (χ3n) is 1.24. The maximum absolute atomic E-state index is 7.57. The molecular weight excluding hydrogens is 287 g/mol. The summed E-state index contributed by atoms with van der Waals surface area (Å²) in [6, 6.07) is 0. The van der Waals surface area contributed by atoms with E-state index in [2.05, 4.69) is 6.92 Å². The summed E-state index contributed by atoms with van der Waals surface area (Å²) in [5, 5.41) is 15.1. The fourth-order valence-electron chi connectivity index (χ4n) is 0.583. The SMILES string of the molecule is CCO.CCO.[CH2-]CCCOCC1CO1.[Zr]. The zero-order chi connectivity index (χ0) is 11.9. The van der Waals surface area contributed by atoms with Crippen LogP contribution in [0.3, 0.4) is 0 Å². The van der Waals surface area contributed by atoms with Crippen LogP contribution in [-0.4, -0.2) is 49.4 Å². The van der Waals surface area contributed by atoms with Gasteiger partial charge < -0.3 is 26.6 Å². The van der Waals surface area contributed by atoms with E-state index in [9.17, 15) is 0 Å². The number of aliphatic hydroxyl groups is 2. The van der Waals surface area contributed by atoms with Crippen LogP contribution in [0.25, 0.3) is 0 Å². The number of unbranched alkanes of at least 4 members (excludes halogenated alkanes) is 1. The number of rotatable bonds is 5. The second kappa shape index (κ2) is 21.1. The van der Waals surface area contributed by atoms with Crippen molar-refractivity contribution in [2.45, 2.75) is 32.8 Å². The first-order valence-electron chi connectivity index (χ1n) is 5.46. The summed E-state index contributed by atoms with van der Waals surface area (Å²) < 4.78 is 10.2. The first kappa shape index (κ1) is 22.0. The van der Waals surface area contributed by atoms with E-state index >= 15 is 0 Å². The molecule has 16 heavy (non-hydrogen) atoms. The smallest absolute Gasteiger partial charge is 0.104 e. The van der Waals surface area contributed by atoms with Crippen LogP contribution < -0.4 is 0 Å². The molecule has 5 heteroatoms. The molecule has 1 saturated heterocycles. The van der Waals surface area contributed by atoms with Gasteiger partial charge in [-0.2, -0.15) is 6.42 Å². The zero-order valence-electron chi connectivity index (χ0n) is 10.4. The molecular formula is C11H25O4Zr-. The Morgan fingerprint density at radius 1 is 1.31 bits per heavy atom. The molecule has 1 fully saturated rings. The van der Waals surface area contributed by atoms with Crippen molar-refractivity contribution in [1.82, 2.24) is 0 Å². The van der Waals surface area contributed by atoms with Crippen molar-refractivity contribution in [2.75, 3.05) is 33.0 Å². The van der Waals surface area contributed by atoms with Crippen molar-refractivity contribution in [3.05, 3.63) is 6.92 Å². The molecule has 1 aliphatic rings. The summed E-state index contributed by atoms with van der Waals surface area (Å²) in [5.74, 6) is 0. The standard InChI is InChI=1S/C7H13O2.2C2H6O.Zr/c1-2-3-4-8-5-7-6-9-7;2*1-2-3;/h7H,1-6H2;2*3H,2H2,1H3;/q-1;;;. The molecule has 0 amide bonds. The summed E-state index contributed by atoms with van der Waals surface area (Å²) in [7, 11) is 0. The van der Waals surface area contributed by atoms with Crippen LogP contribution >= 0.6 is 0 Å². The maximum Gasteiger partial charge on any atom is 0.104 e. The van der Waals surface area contributed by atoms with Crippen LogP contribution in [0.15, 0.2) is 0 Å². The van der Waals surface area contributed by atoms with Gasteiger partial charge in [-0.3, -0.25) is 0 Å². The van der Waals surface area contributed by atoms with Gasteiger partial charge in [0, 0.05) is 46.0 Å². The molecule has 1 atom stereocenters. The molecule has 0 aromatic rings. The third kappa shape index (κ3) is 29.3. The van der Waals surface area contributed by atoms with Crippen LogP contribution in [0, 0.1) is 6.92 Å². The number of aliphatic hydroxyl groups excluding tert-OH is 2. The molecule has 0 aromatic carbocycles. The average molecular weight is 313 g/mol. The van der Waals surface area contributed by atoms with Gasteiger partial charge in [-0.05, 0) is 13.8 Å². The molecule has 0 spiro atoms. The summed E-state index contributed by atoms with van der Waals surface area (Å²) in [4.78, 5) is 0. The predicted molar refractivity (Wildman–Crippen MR) is 60.7 cm³/mol. The van der Waals surface area contributed by atoms with Gasteiger partial charge in [-0.25, -0.2) is 0 Å². The van der Waals surface area contributed by atoms with Gasteiger partial charge in [0.25, 0.3) is 0 Å². The van der Waals surface area contributed by atoms with E-state index in [0.717, 1.165) is 32.7 Å². The molecule has 1 unspecified atom stereocenters. The molecule has 0 aliphatic carbocycles. The summed E-state index contributed by atoms with van der Waals surface area (Å²) in [5.41, 5.74) is 0. The first-order valence-corrected chi connectivity index (χ1v) is 5.46. The monoisotopic (exact) mass is 311 g/mol. The van der Waals surface area contributed by atoms with E-state index in [4.69, 9.17) is 19.7 Å². The van der Waals surface area contributed by atoms with E-state index in [0.29, 0.717) is 6.10 Å². The quantitative estimate of drug-likeness (QED) is 0.452. The third-order valence-corrected chi connectivity index (χ3v) is 1.24. The van der Waals surface area contributed by atoms with Crippen LogP contribution in [0.2, 0.25) is 0 Å². The van der Waals surface area contributed by atoms with Crippen LogP contribution in [-0.2, 0) is 35.7 Å². The molecule has 0 radical (unpaired) electrons. The van der Waals surface area contributed by atoms with Crippen molar-refractivity contribution in [3.63, 3.8) is 0 Å². The van der Waals surface area contributed by atoms with Gasteiger partial charge in [0.1, 0.15) is 6.10 Å². The number of epoxide rings is 1. The number of hydrogen-bond donors (Lipinski definition) is 2. The summed E-state index contributed by atoms with van der Waals surface area (Å²) in [6.45, 7) is 10.1. The summed E-state index contributed by atoms with van der Waals surface area (Å²) in [6.07, 6.45) is 2.44. The van der Waals surface area contributed by atoms with Crippen LogP contribution in [0.1, 0.15) is 26.7 Å². The van der Waals surface area contributed by atoms with E-state index in [1.54, 1.807) is 13.8 Å². The van der Waals surface area contributed by atoms with Gasteiger partial charge in [-0.15, -0.1) is 0 Å². The Hall–Kier alpha value is 0.723. The predicted octanol–water partition coefficient (Wildman–Crippen LogP) is 1.01. The van der Waals surface area contributed by atoms with Gasteiger partial charge >= 0.3 is 0 Å². The van der Waals surface area contributed by atoms with Crippen LogP contribution in [0.4, 0.5) is 0 Å². The molecule has 4 nitrogen and oxygen atoms in total. The van der Waals surface area contributed by atoms with Crippen molar-refractivity contribution in [1.29, 1.82) is 0 Å². The Balaban J connectivity index is -0.000000207. The molecule has 0 saturated carbocycles. The van der Waals surface area contributed by atoms with E-state index in [-0.39, 0.29) is 39.4 Å². The molecule has 0 bridgehead atoms. The number of hydrogen-bond acceptors (Lipinski definition) is 4. The Bertz CT molecular complexity index is 98.0. The van der Waals surface area contributed by atoms with Crippen molar-refractivity contribution in [2.24, 2.45) is 0 Å². The molecule has 1 aliphatic heterocycles. The Morgan fingerprint density at radius 3 is 2.06 bits per heavy atom.